The minimum Gasteiger partial charge on any atom is -0.491 e. The fourth-order valence-electron chi connectivity index (χ4n) is 2.68. The van der Waals surface area contributed by atoms with Gasteiger partial charge in [0.1, 0.15) is 12.4 Å². The molecule has 0 aliphatic carbocycles. The maximum Gasteiger partial charge on any atom is 0.124 e. The Kier molecular flexibility index (Phi) is 4.17. The van der Waals surface area contributed by atoms with Gasteiger partial charge >= 0.3 is 0 Å². The predicted octanol–water partition coefficient (Wildman–Crippen LogP) is 3.90. The van der Waals surface area contributed by atoms with Crippen molar-refractivity contribution in [3.63, 3.8) is 0 Å². The molecule has 1 heterocycles. The van der Waals surface area contributed by atoms with Crippen LogP contribution in [0.5, 0.6) is 5.75 Å². The molecular weight excluding hydrogens is 330 g/mol. The number of fused-ring (bicyclic) bond motifs is 1. The third kappa shape index (κ3) is 3.06. The van der Waals surface area contributed by atoms with Gasteiger partial charge in [-0.25, -0.2) is 0 Å². The molecule has 110 valence electrons. The molecule has 1 unspecified atom stereocenters. The van der Waals surface area contributed by atoms with Crippen molar-refractivity contribution in [1.82, 2.24) is 0 Å². The molecule has 1 N–H and O–H groups in total. The number of ether oxygens (including phenoxy) is 1. The molecule has 3 rings (SSSR count). The molecule has 3 nitrogen and oxygen atoms in total. The number of para-hydroxylation sites is 1. The van der Waals surface area contributed by atoms with Gasteiger partial charge in [-0.1, -0.05) is 34.1 Å². The van der Waals surface area contributed by atoms with E-state index in [9.17, 15) is 5.11 Å². The average Bonchev–Trinajstić information content (AvgIpc) is 2.69. The number of benzene rings is 2. The fourth-order valence-corrected chi connectivity index (χ4v) is 3.06. The Bertz CT molecular complexity index is 642. The molecule has 0 bridgehead atoms. The van der Waals surface area contributed by atoms with E-state index in [1.165, 1.54) is 5.56 Å². The SMILES string of the molecule is CC(O)c1cc(Br)ccc1N1CCOc2ccccc2C1. The van der Waals surface area contributed by atoms with Crippen molar-refractivity contribution in [1.29, 1.82) is 0 Å². The van der Waals surface area contributed by atoms with E-state index in [-0.39, 0.29) is 0 Å². The normalized spacial score (nSPS) is 15.9. The largest absolute Gasteiger partial charge is 0.491 e. The van der Waals surface area contributed by atoms with E-state index >= 15 is 0 Å². The summed E-state index contributed by atoms with van der Waals surface area (Å²) in [6, 6.07) is 14.2. The highest BCUT2D eigenvalue weighted by Crippen LogP contribution is 2.32. The van der Waals surface area contributed by atoms with E-state index in [0.717, 1.165) is 34.6 Å². The number of anilines is 1. The van der Waals surface area contributed by atoms with Crippen molar-refractivity contribution in [3.05, 3.63) is 58.1 Å². The highest BCUT2D eigenvalue weighted by molar-refractivity contribution is 9.10. The Balaban J connectivity index is 1.98. The summed E-state index contributed by atoms with van der Waals surface area (Å²) in [7, 11) is 0. The molecule has 0 saturated carbocycles. The third-order valence-electron chi connectivity index (χ3n) is 3.73. The predicted molar refractivity (Wildman–Crippen MR) is 87.8 cm³/mol. The zero-order chi connectivity index (χ0) is 14.8. The van der Waals surface area contributed by atoms with Gasteiger partial charge < -0.3 is 14.7 Å². The quantitative estimate of drug-likeness (QED) is 0.894. The van der Waals surface area contributed by atoms with Gasteiger partial charge in [-0.05, 0) is 31.2 Å². The lowest BCUT2D eigenvalue weighted by Crippen LogP contribution is -2.26. The molecular formula is C17H18BrNO2. The maximum atomic E-state index is 10.0. The van der Waals surface area contributed by atoms with Crippen LogP contribution >= 0.6 is 15.9 Å². The van der Waals surface area contributed by atoms with E-state index in [1.54, 1.807) is 6.92 Å². The Morgan fingerprint density at radius 2 is 2.05 bits per heavy atom. The first-order valence-electron chi connectivity index (χ1n) is 7.08. The van der Waals surface area contributed by atoms with Crippen LogP contribution in [0.2, 0.25) is 0 Å². The first-order valence-corrected chi connectivity index (χ1v) is 7.87. The van der Waals surface area contributed by atoms with Crippen molar-refractivity contribution in [3.8, 4) is 5.75 Å². The topological polar surface area (TPSA) is 32.7 Å². The van der Waals surface area contributed by atoms with Crippen LogP contribution in [0.1, 0.15) is 24.2 Å². The smallest absolute Gasteiger partial charge is 0.124 e. The lowest BCUT2D eigenvalue weighted by Gasteiger charge is -2.26. The molecule has 21 heavy (non-hydrogen) atoms. The van der Waals surface area contributed by atoms with Crippen LogP contribution in [0, 0.1) is 0 Å². The van der Waals surface area contributed by atoms with Gasteiger partial charge in [0.25, 0.3) is 0 Å². The van der Waals surface area contributed by atoms with Gasteiger partial charge in [-0.2, -0.15) is 0 Å². The van der Waals surface area contributed by atoms with Crippen LogP contribution in [0.25, 0.3) is 0 Å². The molecule has 1 aliphatic heterocycles. The van der Waals surface area contributed by atoms with Gasteiger partial charge in [0.2, 0.25) is 0 Å². The second-order valence-electron chi connectivity index (χ2n) is 5.26. The molecule has 0 spiro atoms. The van der Waals surface area contributed by atoms with Crippen molar-refractivity contribution >= 4 is 21.6 Å². The number of rotatable bonds is 2. The average molecular weight is 348 g/mol. The number of hydrogen-bond acceptors (Lipinski definition) is 3. The summed E-state index contributed by atoms with van der Waals surface area (Å²) in [6.07, 6.45) is -0.503. The van der Waals surface area contributed by atoms with Crippen LogP contribution in [0.3, 0.4) is 0 Å². The second kappa shape index (κ2) is 6.08. The van der Waals surface area contributed by atoms with Crippen LogP contribution in [-0.4, -0.2) is 18.3 Å². The minimum atomic E-state index is -0.503. The van der Waals surface area contributed by atoms with Crippen LogP contribution in [0.4, 0.5) is 5.69 Å². The van der Waals surface area contributed by atoms with E-state index in [0.29, 0.717) is 6.61 Å². The molecule has 0 amide bonds. The number of aliphatic hydroxyl groups excluding tert-OH is 1. The molecule has 0 radical (unpaired) electrons. The van der Waals surface area contributed by atoms with Crippen molar-refractivity contribution in [2.24, 2.45) is 0 Å². The summed E-state index contributed by atoms with van der Waals surface area (Å²) >= 11 is 3.48. The summed E-state index contributed by atoms with van der Waals surface area (Å²) in [5, 5.41) is 10.0. The lowest BCUT2D eigenvalue weighted by molar-refractivity contribution is 0.199. The summed E-state index contributed by atoms with van der Waals surface area (Å²) in [5.74, 6) is 0.954. The first kappa shape index (κ1) is 14.4. The van der Waals surface area contributed by atoms with Gasteiger partial charge in [-0.3, -0.25) is 0 Å². The fraction of sp³-hybridized carbons (Fsp3) is 0.294. The van der Waals surface area contributed by atoms with Gasteiger partial charge in [0.15, 0.2) is 0 Å². The van der Waals surface area contributed by atoms with Gasteiger partial charge in [0.05, 0.1) is 12.6 Å². The summed E-state index contributed by atoms with van der Waals surface area (Å²) in [4.78, 5) is 2.26. The molecule has 1 aliphatic rings. The van der Waals surface area contributed by atoms with Crippen LogP contribution < -0.4 is 9.64 Å². The Morgan fingerprint density at radius 1 is 1.24 bits per heavy atom. The monoisotopic (exact) mass is 347 g/mol. The summed E-state index contributed by atoms with van der Waals surface area (Å²) in [6.45, 7) is 4.04. The van der Waals surface area contributed by atoms with Crippen LogP contribution in [-0.2, 0) is 6.54 Å². The van der Waals surface area contributed by atoms with E-state index in [2.05, 4.69) is 33.0 Å². The van der Waals surface area contributed by atoms with Crippen LogP contribution in [0.15, 0.2) is 46.9 Å². The highest BCUT2D eigenvalue weighted by Gasteiger charge is 2.19. The number of nitrogens with zero attached hydrogens (tertiary/aromatic N) is 1. The molecule has 2 aromatic rings. The van der Waals surface area contributed by atoms with Crippen molar-refractivity contribution in [2.45, 2.75) is 19.6 Å². The number of aliphatic hydroxyl groups is 1. The third-order valence-corrected chi connectivity index (χ3v) is 4.23. The molecule has 0 saturated heterocycles. The van der Waals surface area contributed by atoms with Crippen molar-refractivity contribution in [2.75, 3.05) is 18.1 Å². The molecule has 0 fully saturated rings. The second-order valence-corrected chi connectivity index (χ2v) is 6.17. The van der Waals surface area contributed by atoms with Crippen molar-refractivity contribution < 1.29 is 9.84 Å². The lowest BCUT2D eigenvalue weighted by atomic mass is 10.1. The molecule has 4 heteroatoms. The van der Waals surface area contributed by atoms with E-state index < -0.39 is 6.10 Å². The molecule has 0 aromatic heterocycles. The zero-order valence-corrected chi connectivity index (χ0v) is 13.5. The highest BCUT2D eigenvalue weighted by atomic mass is 79.9. The molecule has 1 atom stereocenters. The Hall–Kier alpha value is -1.52. The number of halogens is 1. The van der Waals surface area contributed by atoms with Gasteiger partial charge in [-0.15, -0.1) is 0 Å². The minimum absolute atomic E-state index is 0.503. The summed E-state index contributed by atoms with van der Waals surface area (Å²) in [5.41, 5.74) is 3.17. The van der Waals surface area contributed by atoms with E-state index in [1.807, 2.05) is 30.3 Å². The Morgan fingerprint density at radius 3 is 2.86 bits per heavy atom. The van der Waals surface area contributed by atoms with Gasteiger partial charge in [0, 0.05) is 27.8 Å². The first-order chi connectivity index (χ1) is 10.1. The van der Waals surface area contributed by atoms with E-state index in [4.69, 9.17) is 4.74 Å². The Labute approximate surface area is 133 Å². The zero-order valence-electron chi connectivity index (χ0n) is 11.9. The number of hydrogen-bond donors (Lipinski definition) is 1. The molecule has 2 aromatic carbocycles. The standard InChI is InChI=1S/C17H18BrNO2/c1-12(20)15-10-14(18)6-7-16(15)19-8-9-21-17-5-3-2-4-13(17)11-19/h2-7,10,12,20H,8-9,11H2,1H3. The maximum absolute atomic E-state index is 10.0. The summed E-state index contributed by atoms with van der Waals surface area (Å²) < 4.78 is 6.79.